The van der Waals surface area contributed by atoms with Crippen LogP contribution < -0.4 is 4.74 Å². The van der Waals surface area contributed by atoms with E-state index in [1.165, 1.54) is 0 Å². The molecule has 0 aliphatic rings. The number of aliphatic hydroxyl groups is 1. The predicted molar refractivity (Wildman–Crippen MR) is 75.7 cm³/mol. The Morgan fingerprint density at radius 2 is 2.16 bits per heavy atom. The highest BCUT2D eigenvalue weighted by Gasteiger charge is 2.17. The molecular formula is C15H16N2O2. The second-order valence-electron chi connectivity index (χ2n) is 4.72. The summed E-state index contributed by atoms with van der Waals surface area (Å²) in [5.41, 5.74) is 2.87. The SMILES string of the molecule is COc1cnc(C(C)CO)c2[nH]c3ccccc3c12. The average molecular weight is 256 g/mol. The number of nitrogens with one attached hydrogen (secondary N) is 1. The van der Waals surface area contributed by atoms with E-state index in [0.717, 1.165) is 33.2 Å². The Kier molecular flexibility index (Phi) is 2.87. The topological polar surface area (TPSA) is 58.1 Å². The quantitative estimate of drug-likeness (QED) is 0.757. The summed E-state index contributed by atoms with van der Waals surface area (Å²) in [4.78, 5) is 7.81. The van der Waals surface area contributed by atoms with Crippen molar-refractivity contribution in [2.24, 2.45) is 0 Å². The fourth-order valence-corrected chi connectivity index (χ4v) is 2.46. The van der Waals surface area contributed by atoms with Crippen molar-refractivity contribution in [1.82, 2.24) is 9.97 Å². The normalized spacial score (nSPS) is 13.0. The first-order valence-electron chi connectivity index (χ1n) is 6.30. The van der Waals surface area contributed by atoms with Crippen molar-refractivity contribution in [3.05, 3.63) is 36.2 Å². The Bertz CT molecular complexity index is 733. The Hall–Kier alpha value is -2.07. The van der Waals surface area contributed by atoms with Crippen LogP contribution in [0.1, 0.15) is 18.5 Å². The summed E-state index contributed by atoms with van der Waals surface area (Å²) in [6, 6.07) is 8.09. The van der Waals surface area contributed by atoms with E-state index in [1.54, 1.807) is 13.3 Å². The second-order valence-corrected chi connectivity index (χ2v) is 4.72. The third-order valence-electron chi connectivity index (χ3n) is 3.49. The van der Waals surface area contributed by atoms with Gasteiger partial charge in [0.2, 0.25) is 0 Å². The predicted octanol–water partition coefficient (Wildman–Crippen LogP) is 2.82. The molecule has 3 aromatic rings. The van der Waals surface area contributed by atoms with Gasteiger partial charge in [0.05, 0.1) is 36.5 Å². The van der Waals surface area contributed by atoms with Crippen LogP contribution in [0.4, 0.5) is 0 Å². The first-order valence-corrected chi connectivity index (χ1v) is 6.30. The second kappa shape index (κ2) is 4.55. The molecule has 4 heteroatoms. The highest BCUT2D eigenvalue weighted by Crippen LogP contribution is 2.35. The van der Waals surface area contributed by atoms with Gasteiger partial charge < -0.3 is 14.8 Å². The van der Waals surface area contributed by atoms with Crippen molar-refractivity contribution < 1.29 is 9.84 Å². The molecule has 0 aliphatic carbocycles. The van der Waals surface area contributed by atoms with Gasteiger partial charge in [-0.2, -0.15) is 0 Å². The number of benzene rings is 1. The molecule has 0 spiro atoms. The number of aromatic amines is 1. The number of nitrogens with zero attached hydrogens (tertiary/aromatic N) is 1. The summed E-state index contributed by atoms with van der Waals surface area (Å²) in [6.45, 7) is 2.03. The van der Waals surface area contributed by atoms with Crippen LogP contribution in [0.25, 0.3) is 21.8 Å². The molecule has 4 nitrogen and oxygen atoms in total. The largest absolute Gasteiger partial charge is 0.494 e. The molecule has 2 aromatic heterocycles. The lowest BCUT2D eigenvalue weighted by Crippen LogP contribution is -2.03. The summed E-state index contributed by atoms with van der Waals surface area (Å²) < 4.78 is 5.42. The van der Waals surface area contributed by atoms with E-state index < -0.39 is 0 Å². The molecule has 19 heavy (non-hydrogen) atoms. The van der Waals surface area contributed by atoms with Crippen molar-refractivity contribution in [3.8, 4) is 5.75 Å². The van der Waals surface area contributed by atoms with Gasteiger partial charge in [-0.05, 0) is 6.07 Å². The van der Waals surface area contributed by atoms with Crippen LogP contribution in [-0.2, 0) is 0 Å². The number of ether oxygens (including phenoxy) is 1. The van der Waals surface area contributed by atoms with Crippen molar-refractivity contribution in [2.75, 3.05) is 13.7 Å². The number of hydrogen-bond acceptors (Lipinski definition) is 3. The van der Waals surface area contributed by atoms with Gasteiger partial charge in [-0.15, -0.1) is 0 Å². The number of pyridine rings is 1. The molecule has 0 amide bonds. The number of para-hydroxylation sites is 1. The van der Waals surface area contributed by atoms with Gasteiger partial charge in [-0.25, -0.2) is 0 Å². The number of rotatable bonds is 3. The fourth-order valence-electron chi connectivity index (χ4n) is 2.46. The maximum Gasteiger partial charge on any atom is 0.147 e. The van der Waals surface area contributed by atoms with Crippen LogP contribution in [0, 0.1) is 0 Å². The lowest BCUT2D eigenvalue weighted by molar-refractivity contribution is 0.271. The van der Waals surface area contributed by atoms with Crippen LogP contribution in [0.3, 0.4) is 0 Å². The molecule has 98 valence electrons. The monoisotopic (exact) mass is 256 g/mol. The van der Waals surface area contributed by atoms with E-state index in [1.807, 2.05) is 25.1 Å². The zero-order chi connectivity index (χ0) is 13.4. The number of hydrogen-bond donors (Lipinski definition) is 2. The van der Waals surface area contributed by atoms with Crippen LogP contribution in [0.5, 0.6) is 5.75 Å². The van der Waals surface area contributed by atoms with Crippen molar-refractivity contribution in [1.29, 1.82) is 0 Å². The maximum absolute atomic E-state index is 9.36. The van der Waals surface area contributed by atoms with Gasteiger partial charge in [0.15, 0.2) is 0 Å². The van der Waals surface area contributed by atoms with Gasteiger partial charge in [0, 0.05) is 16.8 Å². The maximum atomic E-state index is 9.36. The van der Waals surface area contributed by atoms with Crippen LogP contribution >= 0.6 is 0 Å². The minimum atomic E-state index is -0.0125. The number of aromatic nitrogens is 2. The van der Waals surface area contributed by atoms with E-state index >= 15 is 0 Å². The number of aliphatic hydroxyl groups excluding tert-OH is 1. The molecule has 1 aromatic carbocycles. The molecule has 1 unspecified atom stereocenters. The van der Waals surface area contributed by atoms with Crippen molar-refractivity contribution >= 4 is 21.8 Å². The van der Waals surface area contributed by atoms with Crippen LogP contribution in [-0.4, -0.2) is 28.8 Å². The zero-order valence-corrected chi connectivity index (χ0v) is 11.0. The van der Waals surface area contributed by atoms with E-state index in [0.29, 0.717) is 0 Å². The summed E-state index contributed by atoms with van der Waals surface area (Å²) in [5, 5.41) is 11.5. The average Bonchev–Trinajstić information content (AvgIpc) is 2.85. The summed E-state index contributed by atoms with van der Waals surface area (Å²) in [5.74, 6) is 0.739. The Labute approximate surface area is 111 Å². The van der Waals surface area contributed by atoms with Gasteiger partial charge in [0.1, 0.15) is 5.75 Å². The minimum Gasteiger partial charge on any atom is -0.494 e. The minimum absolute atomic E-state index is 0.0125. The third-order valence-corrected chi connectivity index (χ3v) is 3.49. The lowest BCUT2D eigenvalue weighted by atomic mass is 10.0. The molecule has 2 N–H and O–H groups in total. The highest BCUT2D eigenvalue weighted by molar-refractivity contribution is 6.11. The van der Waals surface area contributed by atoms with Crippen LogP contribution in [0.15, 0.2) is 30.5 Å². The molecule has 0 saturated heterocycles. The molecule has 2 heterocycles. The van der Waals surface area contributed by atoms with Crippen molar-refractivity contribution in [3.63, 3.8) is 0 Å². The van der Waals surface area contributed by atoms with E-state index in [2.05, 4.69) is 16.0 Å². The molecule has 0 saturated carbocycles. The molecular weight excluding hydrogens is 240 g/mol. The molecule has 1 atom stereocenters. The van der Waals surface area contributed by atoms with Gasteiger partial charge in [0.25, 0.3) is 0 Å². The van der Waals surface area contributed by atoms with Crippen LogP contribution in [0.2, 0.25) is 0 Å². The third kappa shape index (κ3) is 1.76. The number of methoxy groups -OCH3 is 1. The first kappa shape index (κ1) is 12.0. The fraction of sp³-hybridized carbons (Fsp3) is 0.267. The van der Waals surface area contributed by atoms with Gasteiger partial charge >= 0.3 is 0 Å². The highest BCUT2D eigenvalue weighted by atomic mass is 16.5. The summed E-state index contributed by atoms with van der Waals surface area (Å²) >= 11 is 0. The van der Waals surface area contributed by atoms with E-state index in [4.69, 9.17) is 4.74 Å². The molecule has 0 radical (unpaired) electrons. The smallest absolute Gasteiger partial charge is 0.147 e. The molecule has 0 bridgehead atoms. The lowest BCUT2D eigenvalue weighted by Gasteiger charge is -2.10. The van der Waals surface area contributed by atoms with Crippen molar-refractivity contribution in [2.45, 2.75) is 12.8 Å². The summed E-state index contributed by atoms with van der Waals surface area (Å²) in [7, 11) is 1.65. The number of H-pyrrole nitrogens is 1. The Morgan fingerprint density at radius 1 is 1.37 bits per heavy atom. The van der Waals surface area contributed by atoms with Gasteiger partial charge in [-0.1, -0.05) is 25.1 Å². The van der Waals surface area contributed by atoms with E-state index in [-0.39, 0.29) is 12.5 Å². The first-order chi connectivity index (χ1) is 9.26. The molecule has 0 fully saturated rings. The summed E-state index contributed by atoms with van der Waals surface area (Å²) in [6.07, 6.45) is 1.73. The Balaban J connectivity index is 2.44. The number of fused-ring (bicyclic) bond motifs is 3. The van der Waals surface area contributed by atoms with Gasteiger partial charge in [-0.3, -0.25) is 4.98 Å². The Morgan fingerprint density at radius 3 is 2.89 bits per heavy atom. The van der Waals surface area contributed by atoms with E-state index in [9.17, 15) is 5.11 Å². The molecule has 0 aliphatic heterocycles. The zero-order valence-electron chi connectivity index (χ0n) is 11.0. The molecule has 3 rings (SSSR count). The standard InChI is InChI=1S/C15H16N2O2/c1-9(8-18)14-15-13(12(19-2)7-16-14)10-5-3-4-6-11(10)17-15/h3-7,9,17-18H,8H2,1-2H3.